The molecule has 2 N–H and O–H groups in total. The molecule has 1 saturated heterocycles. The van der Waals surface area contributed by atoms with Crippen molar-refractivity contribution >= 4 is 17.2 Å². The van der Waals surface area contributed by atoms with Crippen LogP contribution in [-0.4, -0.2) is 29.4 Å². The lowest BCUT2D eigenvalue weighted by atomic mass is 9.99. The molecule has 2 atom stereocenters. The van der Waals surface area contributed by atoms with E-state index in [0.29, 0.717) is 6.42 Å². The number of likely N-dealkylation sites (tertiary alicyclic amines) is 1. The first-order valence-corrected chi connectivity index (χ1v) is 6.98. The molecule has 0 aromatic carbocycles. The lowest BCUT2D eigenvalue weighted by Crippen LogP contribution is -2.48. The molecule has 3 nitrogen and oxygen atoms in total. The maximum Gasteiger partial charge on any atom is 0.228 e. The minimum atomic E-state index is 0.242. The van der Waals surface area contributed by atoms with E-state index in [1.54, 1.807) is 11.3 Å². The van der Waals surface area contributed by atoms with Gasteiger partial charge in [0.15, 0.2) is 0 Å². The monoisotopic (exact) mass is 252 g/mol. The van der Waals surface area contributed by atoms with Gasteiger partial charge >= 0.3 is 0 Å². The molecule has 0 aliphatic carbocycles. The summed E-state index contributed by atoms with van der Waals surface area (Å²) in [6.45, 7) is 4.98. The smallest absolute Gasteiger partial charge is 0.228 e. The summed E-state index contributed by atoms with van der Waals surface area (Å²) in [6.07, 6.45) is 2.40. The van der Waals surface area contributed by atoms with Gasteiger partial charge in [-0.15, -0.1) is 11.3 Å². The van der Waals surface area contributed by atoms with Crippen LogP contribution in [0.25, 0.3) is 0 Å². The first-order valence-electron chi connectivity index (χ1n) is 6.16. The molecule has 1 aromatic rings. The molecule has 4 heteroatoms. The zero-order chi connectivity index (χ0) is 12.4. The molecule has 0 saturated carbocycles. The van der Waals surface area contributed by atoms with Crippen LogP contribution >= 0.6 is 11.3 Å². The molecule has 0 unspecified atom stereocenters. The summed E-state index contributed by atoms with van der Waals surface area (Å²) in [6, 6.07) is 4.67. The Kier molecular flexibility index (Phi) is 3.84. The number of carbonyl (C=O) groups excluding carboxylic acids is 1. The van der Waals surface area contributed by atoms with Crippen molar-refractivity contribution in [2.24, 2.45) is 5.73 Å². The number of thiophene rings is 1. The maximum absolute atomic E-state index is 12.2. The zero-order valence-electron chi connectivity index (χ0n) is 10.5. The molecular formula is C13H20N2OS. The highest BCUT2D eigenvalue weighted by atomic mass is 32.1. The third kappa shape index (κ3) is 3.07. The summed E-state index contributed by atoms with van der Waals surface area (Å²) in [5.74, 6) is 0.242. The Balaban J connectivity index is 1.96. The van der Waals surface area contributed by atoms with Crippen molar-refractivity contribution in [1.29, 1.82) is 0 Å². The average Bonchev–Trinajstić information content (AvgIpc) is 2.63. The van der Waals surface area contributed by atoms with Gasteiger partial charge in [0.2, 0.25) is 5.91 Å². The maximum atomic E-state index is 12.2. The van der Waals surface area contributed by atoms with Crippen LogP contribution < -0.4 is 5.73 Å². The van der Waals surface area contributed by atoms with Gasteiger partial charge in [-0.1, -0.05) is 0 Å². The predicted molar refractivity (Wildman–Crippen MR) is 71.1 cm³/mol. The number of nitrogens with two attached hydrogens (primary N) is 1. The van der Waals surface area contributed by atoms with Crippen LogP contribution in [-0.2, 0) is 11.2 Å². The molecule has 0 radical (unpaired) electrons. The molecule has 0 bridgehead atoms. The highest BCUT2D eigenvalue weighted by Gasteiger charge is 2.26. The Morgan fingerprint density at radius 2 is 2.35 bits per heavy atom. The predicted octanol–water partition coefficient (Wildman–Crippen LogP) is 1.94. The van der Waals surface area contributed by atoms with E-state index in [-0.39, 0.29) is 18.0 Å². The van der Waals surface area contributed by atoms with Gasteiger partial charge in [-0.05, 0) is 38.8 Å². The van der Waals surface area contributed by atoms with Crippen LogP contribution in [0.4, 0.5) is 0 Å². The van der Waals surface area contributed by atoms with Crippen molar-refractivity contribution in [2.75, 3.05) is 6.54 Å². The van der Waals surface area contributed by atoms with Crippen molar-refractivity contribution in [1.82, 2.24) is 4.90 Å². The van der Waals surface area contributed by atoms with Gasteiger partial charge in [-0.25, -0.2) is 0 Å². The van der Waals surface area contributed by atoms with Gasteiger partial charge < -0.3 is 10.6 Å². The molecular weight excluding hydrogens is 232 g/mol. The largest absolute Gasteiger partial charge is 0.340 e. The second-order valence-corrected chi connectivity index (χ2v) is 6.28. The SMILES string of the molecule is Cc1ccc(CC(=O)N2CC[C@@H](N)C[C@H]2C)s1. The number of piperidine rings is 1. The third-order valence-corrected chi connectivity index (χ3v) is 4.36. The molecule has 1 amide bonds. The van der Waals surface area contributed by atoms with Crippen LogP contribution in [0.2, 0.25) is 0 Å². The minimum Gasteiger partial charge on any atom is -0.340 e. The van der Waals surface area contributed by atoms with E-state index in [4.69, 9.17) is 5.73 Å². The third-order valence-electron chi connectivity index (χ3n) is 3.36. The molecule has 1 aliphatic heterocycles. The van der Waals surface area contributed by atoms with Gasteiger partial charge in [0.1, 0.15) is 0 Å². The topological polar surface area (TPSA) is 46.3 Å². The lowest BCUT2D eigenvalue weighted by Gasteiger charge is -2.36. The summed E-state index contributed by atoms with van der Waals surface area (Å²) in [4.78, 5) is 16.6. The molecule has 1 aliphatic rings. The normalized spacial score (nSPS) is 25.0. The van der Waals surface area contributed by atoms with Crippen molar-refractivity contribution in [3.05, 3.63) is 21.9 Å². The molecule has 2 rings (SSSR count). The van der Waals surface area contributed by atoms with Crippen molar-refractivity contribution < 1.29 is 4.79 Å². The van der Waals surface area contributed by atoms with Gasteiger partial charge in [0, 0.05) is 28.4 Å². The van der Waals surface area contributed by atoms with Crippen molar-refractivity contribution in [2.45, 2.75) is 45.2 Å². The van der Waals surface area contributed by atoms with Crippen molar-refractivity contribution in [3.63, 3.8) is 0 Å². The second kappa shape index (κ2) is 5.19. The van der Waals surface area contributed by atoms with Crippen LogP contribution in [0.5, 0.6) is 0 Å². The van der Waals surface area contributed by atoms with Crippen molar-refractivity contribution in [3.8, 4) is 0 Å². The summed E-state index contributed by atoms with van der Waals surface area (Å²) in [5, 5.41) is 0. The minimum absolute atomic E-state index is 0.242. The van der Waals surface area contributed by atoms with Crippen LogP contribution in [0.1, 0.15) is 29.5 Å². The number of nitrogens with zero attached hydrogens (tertiary/aromatic N) is 1. The molecule has 17 heavy (non-hydrogen) atoms. The Hall–Kier alpha value is -0.870. The fourth-order valence-electron chi connectivity index (χ4n) is 2.41. The van der Waals surface area contributed by atoms with E-state index in [0.717, 1.165) is 24.3 Å². The summed E-state index contributed by atoms with van der Waals surface area (Å²) >= 11 is 1.71. The average molecular weight is 252 g/mol. The fraction of sp³-hybridized carbons (Fsp3) is 0.615. The van der Waals surface area contributed by atoms with Crippen LogP contribution in [0.3, 0.4) is 0 Å². The molecule has 94 valence electrons. The molecule has 1 fully saturated rings. The molecule has 2 heterocycles. The lowest BCUT2D eigenvalue weighted by molar-refractivity contribution is -0.133. The highest BCUT2D eigenvalue weighted by Crippen LogP contribution is 2.20. The molecule has 1 aromatic heterocycles. The van der Waals surface area contributed by atoms with Gasteiger partial charge in [0.25, 0.3) is 0 Å². The van der Waals surface area contributed by atoms with E-state index in [1.807, 2.05) is 4.90 Å². The van der Waals surface area contributed by atoms with E-state index < -0.39 is 0 Å². The Bertz CT molecular complexity index is 402. The summed E-state index contributed by atoms with van der Waals surface area (Å²) in [5.41, 5.74) is 5.91. The standard InChI is InChI=1S/C13H20N2OS/c1-9-7-11(14)5-6-15(9)13(16)8-12-4-3-10(2)17-12/h3-4,9,11H,5-8,14H2,1-2H3/t9-,11-/m1/s1. The van der Waals surface area contributed by atoms with Gasteiger partial charge in [-0.3, -0.25) is 4.79 Å². The first kappa shape index (κ1) is 12.6. The summed E-state index contributed by atoms with van der Waals surface area (Å²) in [7, 11) is 0. The van der Waals surface area contributed by atoms with Gasteiger partial charge in [0.05, 0.1) is 6.42 Å². The number of aryl methyl sites for hydroxylation is 1. The summed E-state index contributed by atoms with van der Waals surface area (Å²) < 4.78 is 0. The highest BCUT2D eigenvalue weighted by molar-refractivity contribution is 7.12. The fourth-order valence-corrected chi connectivity index (χ4v) is 3.29. The Morgan fingerprint density at radius 1 is 1.59 bits per heavy atom. The van der Waals surface area contributed by atoms with E-state index in [2.05, 4.69) is 26.0 Å². The quantitative estimate of drug-likeness (QED) is 0.874. The number of hydrogen-bond acceptors (Lipinski definition) is 3. The van der Waals surface area contributed by atoms with E-state index >= 15 is 0 Å². The van der Waals surface area contributed by atoms with E-state index in [1.165, 1.54) is 4.88 Å². The van der Waals surface area contributed by atoms with E-state index in [9.17, 15) is 4.79 Å². The molecule has 0 spiro atoms. The number of amides is 1. The number of hydrogen-bond donors (Lipinski definition) is 1. The Labute approximate surface area is 107 Å². The van der Waals surface area contributed by atoms with Crippen LogP contribution in [0.15, 0.2) is 12.1 Å². The number of rotatable bonds is 2. The number of carbonyl (C=O) groups is 1. The Morgan fingerprint density at radius 3 is 2.94 bits per heavy atom. The zero-order valence-corrected chi connectivity index (χ0v) is 11.3. The second-order valence-electron chi connectivity index (χ2n) is 4.91. The van der Waals surface area contributed by atoms with Crippen LogP contribution in [0, 0.1) is 6.92 Å². The first-order chi connectivity index (χ1) is 8.06. The van der Waals surface area contributed by atoms with Gasteiger partial charge in [-0.2, -0.15) is 0 Å².